The Balaban J connectivity index is 1.84. The topological polar surface area (TPSA) is 21.3 Å². The first-order valence-corrected chi connectivity index (χ1v) is 6.23. The molecular weight excluding hydrogens is 255 g/mol. The quantitative estimate of drug-likeness (QED) is 0.846. The number of halogens is 3. The molecule has 0 saturated carbocycles. The number of ether oxygens (including phenoxy) is 1. The molecule has 2 heterocycles. The molecule has 3 rings (SSSR count). The summed E-state index contributed by atoms with van der Waals surface area (Å²) in [5.74, 6) is 0.692. The summed E-state index contributed by atoms with van der Waals surface area (Å²) in [5, 5.41) is 3.28. The Labute approximate surface area is 109 Å². The van der Waals surface area contributed by atoms with Crippen LogP contribution in [0, 0.1) is 5.41 Å². The van der Waals surface area contributed by atoms with Gasteiger partial charge in [-0.25, -0.2) is 0 Å². The number of hydrogen-bond acceptors (Lipinski definition) is 2. The van der Waals surface area contributed by atoms with Crippen molar-refractivity contribution < 1.29 is 17.9 Å². The first-order chi connectivity index (χ1) is 8.99. The van der Waals surface area contributed by atoms with Crippen LogP contribution < -0.4 is 5.32 Å². The lowest BCUT2D eigenvalue weighted by Gasteiger charge is -2.15. The van der Waals surface area contributed by atoms with Crippen molar-refractivity contribution in [1.82, 2.24) is 5.32 Å². The van der Waals surface area contributed by atoms with Gasteiger partial charge in [-0.05, 0) is 31.2 Å². The van der Waals surface area contributed by atoms with Crippen molar-refractivity contribution in [2.75, 3.05) is 19.7 Å². The normalized spacial score (nSPS) is 26.6. The lowest BCUT2D eigenvalue weighted by Crippen LogP contribution is -2.22. The molecule has 19 heavy (non-hydrogen) atoms. The van der Waals surface area contributed by atoms with E-state index >= 15 is 0 Å². The zero-order chi connectivity index (χ0) is 13.5. The highest BCUT2D eigenvalue weighted by Crippen LogP contribution is 2.39. The summed E-state index contributed by atoms with van der Waals surface area (Å²) in [6, 6.07) is 5.13. The van der Waals surface area contributed by atoms with Crippen molar-refractivity contribution in [2.24, 2.45) is 5.41 Å². The fourth-order valence-corrected chi connectivity index (χ4v) is 2.58. The first kappa shape index (κ1) is 12.5. The zero-order valence-corrected chi connectivity index (χ0v) is 10.3. The van der Waals surface area contributed by atoms with Gasteiger partial charge in [0.25, 0.3) is 0 Å². The second kappa shape index (κ2) is 4.27. The molecular formula is C14H14F3NO. The molecule has 1 aromatic rings. The summed E-state index contributed by atoms with van der Waals surface area (Å²) in [4.78, 5) is 0. The molecule has 102 valence electrons. The van der Waals surface area contributed by atoms with Crippen molar-refractivity contribution in [2.45, 2.75) is 12.6 Å². The second-order valence-electron chi connectivity index (χ2n) is 5.16. The number of hydrogen-bond donors (Lipinski definition) is 1. The molecule has 0 aliphatic carbocycles. The molecule has 0 amide bonds. The molecule has 0 radical (unpaired) electrons. The van der Waals surface area contributed by atoms with Crippen LogP contribution in [0.1, 0.15) is 17.5 Å². The number of benzene rings is 1. The maximum absolute atomic E-state index is 12.5. The summed E-state index contributed by atoms with van der Waals surface area (Å²) in [5.41, 5.74) is 0.0989. The molecule has 2 aliphatic heterocycles. The second-order valence-corrected chi connectivity index (χ2v) is 5.16. The van der Waals surface area contributed by atoms with E-state index in [2.05, 4.69) is 11.4 Å². The van der Waals surface area contributed by atoms with Crippen molar-refractivity contribution in [1.29, 1.82) is 0 Å². The van der Waals surface area contributed by atoms with Crippen LogP contribution in [0.2, 0.25) is 0 Å². The summed E-state index contributed by atoms with van der Waals surface area (Å²) in [6.07, 6.45) is -1.23. The Bertz CT molecular complexity index is 498. The number of alkyl halides is 3. The molecule has 1 spiro atoms. The molecule has 1 aromatic carbocycles. The van der Waals surface area contributed by atoms with Crippen LogP contribution in [0.25, 0.3) is 5.76 Å². The summed E-state index contributed by atoms with van der Waals surface area (Å²) in [7, 11) is 0. The van der Waals surface area contributed by atoms with E-state index in [0.717, 1.165) is 31.6 Å². The van der Waals surface area contributed by atoms with Gasteiger partial charge in [0.05, 0.1) is 12.2 Å². The van der Waals surface area contributed by atoms with Crippen molar-refractivity contribution in [3.63, 3.8) is 0 Å². The average Bonchev–Trinajstić information content (AvgIpc) is 3.00. The highest BCUT2D eigenvalue weighted by molar-refractivity contribution is 5.63. The van der Waals surface area contributed by atoms with Crippen LogP contribution in [0.3, 0.4) is 0 Å². The first-order valence-electron chi connectivity index (χ1n) is 6.23. The third kappa shape index (κ3) is 2.34. The SMILES string of the molecule is FC(F)(F)c1ccc(C2=CC3(CCNC3)CO2)cc1. The minimum atomic E-state index is -4.29. The van der Waals surface area contributed by atoms with Crippen LogP contribution in [0.15, 0.2) is 30.3 Å². The Morgan fingerprint density at radius 2 is 1.89 bits per heavy atom. The van der Waals surface area contributed by atoms with E-state index in [4.69, 9.17) is 4.74 Å². The van der Waals surface area contributed by atoms with Gasteiger partial charge in [0.1, 0.15) is 5.76 Å². The fraction of sp³-hybridized carbons (Fsp3) is 0.429. The van der Waals surface area contributed by atoms with E-state index in [0.29, 0.717) is 17.9 Å². The predicted molar refractivity (Wildman–Crippen MR) is 65.3 cm³/mol. The molecule has 1 unspecified atom stereocenters. The van der Waals surface area contributed by atoms with E-state index in [-0.39, 0.29) is 5.41 Å². The highest BCUT2D eigenvalue weighted by atomic mass is 19.4. The van der Waals surface area contributed by atoms with E-state index in [1.165, 1.54) is 12.1 Å². The van der Waals surface area contributed by atoms with Crippen LogP contribution in [0.4, 0.5) is 13.2 Å². The number of nitrogens with one attached hydrogen (secondary N) is 1. The standard InChI is InChI=1S/C14H14F3NO/c15-14(16,17)11-3-1-10(2-4-11)12-7-13(9-19-12)5-6-18-8-13/h1-4,7,18H,5-6,8-9H2. The van der Waals surface area contributed by atoms with Crippen molar-refractivity contribution >= 4 is 5.76 Å². The largest absolute Gasteiger partial charge is 0.492 e. The molecule has 1 saturated heterocycles. The van der Waals surface area contributed by atoms with E-state index < -0.39 is 11.7 Å². The molecule has 1 N–H and O–H groups in total. The van der Waals surface area contributed by atoms with Crippen molar-refractivity contribution in [3.8, 4) is 0 Å². The van der Waals surface area contributed by atoms with Gasteiger partial charge in [0.15, 0.2) is 0 Å². The lowest BCUT2D eigenvalue weighted by atomic mass is 9.88. The van der Waals surface area contributed by atoms with Gasteiger partial charge in [-0.2, -0.15) is 13.2 Å². The van der Waals surface area contributed by atoms with Gasteiger partial charge in [0.2, 0.25) is 0 Å². The summed E-state index contributed by atoms with van der Waals surface area (Å²) in [6.45, 7) is 2.44. The van der Waals surface area contributed by atoms with Crippen LogP contribution in [-0.2, 0) is 10.9 Å². The van der Waals surface area contributed by atoms with Crippen LogP contribution >= 0.6 is 0 Å². The minimum Gasteiger partial charge on any atom is -0.492 e. The van der Waals surface area contributed by atoms with Gasteiger partial charge in [-0.3, -0.25) is 0 Å². The smallest absolute Gasteiger partial charge is 0.416 e. The van der Waals surface area contributed by atoms with E-state index in [9.17, 15) is 13.2 Å². The maximum Gasteiger partial charge on any atom is 0.416 e. The number of rotatable bonds is 1. The Morgan fingerprint density at radius 1 is 1.16 bits per heavy atom. The fourth-order valence-electron chi connectivity index (χ4n) is 2.58. The summed E-state index contributed by atoms with van der Waals surface area (Å²) < 4.78 is 43.1. The molecule has 1 atom stereocenters. The summed E-state index contributed by atoms with van der Waals surface area (Å²) >= 11 is 0. The Kier molecular flexibility index (Phi) is 2.82. The van der Waals surface area contributed by atoms with Gasteiger partial charge in [-0.1, -0.05) is 12.1 Å². The lowest BCUT2D eigenvalue weighted by molar-refractivity contribution is -0.137. The Hall–Kier alpha value is -1.49. The Morgan fingerprint density at radius 3 is 2.47 bits per heavy atom. The molecule has 0 bridgehead atoms. The van der Waals surface area contributed by atoms with Gasteiger partial charge >= 0.3 is 6.18 Å². The average molecular weight is 269 g/mol. The minimum absolute atomic E-state index is 0.0258. The third-order valence-electron chi connectivity index (χ3n) is 3.73. The van der Waals surface area contributed by atoms with Crippen molar-refractivity contribution in [3.05, 3.63) is 41.5 Å². The molecule has 5 heteroatoms. The van der Waals surface area contributed by atoms with Gasteiger partial charge in [-0.15, -0.1) is 0 Å². The highest BCUT2D eigenvalue weighted by Gasteiger charge is 2.38. The van der Waals surface area contributed by atoms with Gasteiger partial charge in [0, 0.05) is 17.5 Å². The van der Waals surface area contributed by atoms with E-state index in [1.807, 2.05) is 0 Å². The predicted octanol–water partition coefficient (Wildman–Crippen LogP) is 3.06. The van der Waals surface area contributed by atoms with E-state index in [1.54, 1.807) is 0 Å². The molecule has 2 nitrogen and oxygen atoms in total. The zero-order valence-electron chi connectivity index (χ0n) is 10.3. The van der Waals surface area contributed by atoms with Crippen LogP contribution in [-0.4, -0.2) is 19.7 Å². The third-order valence-corrected chi connectivity index (χ3v) is 3.73. The molecule has 0 aromatic heterocycles. The monoisotopic (exact) mass is 269 g/mol. The molecule has 2 aliphatic rings. The van der Waals surface area contributed by atoms with Gasteiger partial charge < -0.3 is 10.1 Å². The maximum atomic E-state index is 12.5. The van der Waals surface area contributed by atoms with Crippen LogP contribution in [0.5, 0.6) is 0 Å². The molecule has 1 fully saturated rings.